The third kappa shape index (κ3) is 2.85. The van der Waals surface area contributed by atoms with Crippen molar-refractivity contribution in [3.63, 3.8) is 0 Å². The Morgan fingerprint density at radius 2 is 2.15 bits per heavy atom. The van der Waals surface area contributed by atoms with Gasteiger partial charge in [0, 0.05) is 0 Å². The van der Waals surface area contributed by atoms with Crippen LogP contribution < -0.4 is 0 Å². The zero-order valence-electron chi connectivity index (χ0n) is 11.7. The van der Waals surface area contributed by atoms with E-state index >= 15 is 0 Å². The van der Waals surface area contributed by atoms with Crippen LogP contribution in [0, 0.1) is 12.8 Å². The third-order valence-electron chi connectivity index (χ3n) is 2.96. The van der Waals surface area contributed by atoms with Crippen LogP contribution in [0.3, 0.4) is 0 Å². The first-order valence-electron chi connectivity index (χ1n) is 6.48. The van der Waals surface area contributed by atoms with Crippen LogP contribution in [0.5, 0.6) is 0 Å². The molecule has 2 aromatic rings. The van der Waals surface area contributed by atoms with Gasteiger partial charge in [0.05, 0.1) is 11.4 Å². The Bertz CT molecular complexity index is 647. The van der Waals surface area contributed by atoms with E-state index in [1.807, 2.05) is 45.0 Å². The van der Waals surface area contributed by atoms with E-state index in [4.69, 9.17) is 11.6 Å². The average Bonchev–Trinajstić information content (AvgIpc) is 2.65. The number of nitrogens with zero attached hydrogens (tertiary/aromatic N) is 2. The molecule has 1 N–H and O–H groups in total. The van der Waals surface area contributed by atoms with E-state index in [1.165, 1.54) is 4.68 Å². The van der Waals surface area contributed by atoms with Crippen molar-refractivity contribution in [2.75, 3.05) is 0 Å². The van der Waals surface area contributed by atoms with Crippen LogP contribution in [0.4, 0.5) is 0 Å². The molecule has 1 aromatic carbocycles. The normalized spacial score (nSPS) is 11.1. The fourth-order valence-corrected chi connectivity index (χ4v) is 2.44. The number of aromatic carboxylic acids is 1. The molecule has 0 saturated carbocycles. The summed E-state index contributed by atoms with van der Waals surface area (Å²) < 4.78 is 1.50. The minimum atomic E-state index is -1.04. The van der Waals surface area contributed by atoms with Crippen molar-refractivity contribution in [3.8, 4) is 5.69 Å². The van der Waals surface area contributed by atoms with Crippen molar-refractivity contribution in [1.82, 2.24) is 9.78 Å². The molecule has 0 bridgehead atoms. The highest BCUT2D eigenvalue weighted by molar-refractivity contribution is 6.33. The zero-order valence-corrected chi connectivity index (χ0v) is 12.5. The molecule has 1 aromatic heterocycles. The Labute approximate surface area is 123 Å². The maximum Gasteiger partial charge on any atom is 0.340 e. The summed E-state index contributed by atoms with van der Waals surface area (Å²) in [5, 5.41) is 13.9. The first kappa shape index (κ1) is 14.6. The van der Waals surface area contributed by atoms with E-state index in [1.54, 1.807) is 0 Å². The van der Waals surface area contributed by atoms with Crippen LogP contribution in [0.2, 0.25) is 5.15 Å². The summed E-state index contributed by atoms with van der Waals surface area (Å²) in [5.41, 5.74) is 2.46. The Kier molecular flexibility index (Phi) is 4.14. The summed E-state index contributed by atoms with van der Waals surface area (Å²) >= 11 is 6.21. The van der Waals surface area contributed by atoms with E-state index in [-0.39, 0.29) is 10.7 Å². The molecule has 0 fully saturated rings. The van der Waals surface area contributed by atoms with Crippen molar-refractivity contribution < 1.29 is 9.90 Å². The summed E-state index contributed by atoms with van der Waals surface area (Å²) in [4.78, 5) is 11.4. The molecule has 5 heteroatoms. The summed E-state index contributed by atoms with van der Waals surface area (Å²) in [6, 6.07) is 7.64. The van der Waals surface area contributed by atoms with Gasteiger partial charge in [-0.1, -0.05) is 37.6 Å². The molecular weight excluding hydrogens is 276 g/mol. The topological polar surface area (TPSA) is 55.1 Å². The first-order valence-corrected chi connectivity index (χ1v) is 6.85. The van der Waals surface area contributed by atoms with Gasteiger partial charge in [-0.25, -0.2) is 9.48 Å². The van der Waals surface area contributed by atoms with E-state index in [9.17, 15) is 9.90 Å². The van der Waals surface area contributed by atoms with Crippen molar-refractivity contribution >= 4 is 17.6 Å². The van der Waals surface area contributed by atoms with Crippen LogP contribution in [-0.2, 0) is 6.42 Å². The van der Waals surface area contributed by atoms with Gasteiger partial charge >= 0.3 is 5.97 Å². The lowest BCUT2D eigenvalue weighted by atomic mass is 10.1. The maximum absolute atomic E-state index is 11.4. The number of benzene rings is 1. The van der Waals surface area contributed by atoms with Gasteiger partial charge in [0.25, 0.3) is 0 Å². The zero-order chi connectivity index (χ0) is 14.9. The molecule has 20 heavy (non-hydrogen) atoms. The fourth-order valence-electron chi connectivity index (χ4n) is 2.11. The SMILES string of the molecule is Cc1cccc(-n2nc(CC(C)C)c(C(=O)O)c2Cl)c1. The van der Waals surface area contributed by atoms with Crippen LogP contribution >= 0.6 is 11.6 Å². The molecular formula is C15H17ClN2O2. The van der Waals surface area contributed by atoms with Gasteiger partial charge < -0.3 is 5.11 Å². The van der Waals surface area contributed by atoms with Gasteiger partial charge in [0.1, 0.15) is 10.7 Å². The van der Waals surface area contributed by atoms with Crippen molar-refractivity contribution in [2.24, 2.45) is 5.92 Å². The minimum Gasteiger partial charge on any atom is -0.478 e. The van der Waals surface area contributed by atoms with E-state index < -0.39 is 5.97 Å². The van der Waals surface area contributed by atoms with Gasteiger partial charge in [-0.05, 0) is 37.0 Å². The largest absolute Gasteiger partial charge is 0.478 e. The number of hydrogen-bond acceptors (Lipinski definition) is 2. The number of halogens is 1. The standard InChI is InChI=1S/C15H17ClN2O2/c1-9(2)7-12-13(15(19)20)14(16)18(17-12)11-6-4-5-10(3)8-11/h4-6,8-9H,7H2,1-3H3,(H,19,20). The molecule has 106 valence electrons. The second-order valence-electron chi connectivity index (χ2n) is 5.27. The second kappa shape index (κ2) is 5.67. The van der Waals surface area contributed by atoms with Crippen LogP contribution in [0.25, 0.3) is 5.69 Å². The molecule has 0 spiro atoms. The van der Waals surface area contributed by atoms with Gasteiger partial charge in [0.15, 0.2) is 0 Å². The predicted molar refractivity (Wildman–Crippen MR) is 78.8 cm³/mol. The lowest BCUT2D eigenvalue weighted by Gasteiger charge is -2.04. The third-order valence-corrected chi connectivity index (χ3v) is 3.31. The summed E-state index contributed by atoms with van der Waals surface area (Å²) in [6.45, 7) is 6.00. The molecule has 0 saturated heterocycles. The number of aromatic nitrogens is 2. The first-order chi connectivity index (χ1) is 9.40. The molecule has 0 aliphatic carbocycles. The molecule has 0 radical (unpaired) electrons. The summed E-state index contributed by atoms with van der Waals surface area (Å²) in [7, 11) is 0. The van der Waals surface area contributed by atoms with Crippen molar-refractivity contribution in [2.45, 2.75) is 27.2 Å². The summed E-state index contributed by atoms with van der Waals surface area (Å²) in [6.07, 6.45) is 0.584. The maximum atomic E-state index is 11.4. The lowest BCUT2D eigenvalue weighted by molar-refractivity contribution is 0.0695. The molecule has 0 atom stereocenters. The average molecular weight is 293 g/mol. The highest BCUT2D eigenvalue weighted by Crippen LogP contribution is 2.26. The molecule has 4 nitrogen and oxygen atoms in total. The second-order valence-corrected chi connectivity index (χ2v) is 5.62. The monoisotopic (exact) mass is 292 g/mol. The smallest absolute Gasteiger partial charge is 0.340 e. The molecule has 0 amide bonds. The van der Waals surface area contributed by atoms with Gasteiger partial charge in [-0.2, -0.15) is 5.10 Å². The van der Waals surface area contributed by atoms with Crippen molar-refractivity contribution in [3.05, 3.63) is 46.2 Å². The molecule has 0 aliphatic heterocycles. The lowest BCUT2D eigenvalue weighted by Crippen LogP contribution is -2.03. The van der Waals surface area contributed by atoms with Gasteiger partial charge in [-0.15, -0.1) is 0 Å². The minimum absolute atomic E-state index is 0.0990. The molecule has 0 unspecified atom stereocenters. The van der Waals surface area contributed by atoms with E-state index in [0.717, 1.165) is 11.3 Å². The Hall–Kier alpha value is -1.81. The fraction of sp³-hybridized carbons (Fsp3) is 0.333. The highest BCUT2D eigenvalue weighted by Gasteiger charge is 2.23. The number of carboxylic acids is 1. The molecule has 2 rings (SSSR count). The quantitative estimate of drug-likeness (QED) is 0.934. The van der Waals surface area contributed by atoms with E-state index in [0.29, 0.717) is 18.0 Å². The van der Waals surface area contributed by atoms with Gasteiger partial charge in [-0.3, -0.25) is 0 Å². The van der Waals surface area contributed by atoms with Crippen LogP contribution in [0.1, 0.15) is 35.5 Å². The predicted octanol–water partition coefficient (Wildman–Crippen LogP) is 3.73. The Balaban J connectivity index is 2.58. The van der Waals surface area contributed by atoms with Gasteiger partial charge in [0.2, 0.25) is 0 Å². The van der Waals surface area contributed by atoms with Crippen LogP contribution in [0.15, 0.2) is 24.3 Å². The van der Waals surface area contributed by atoms with E-state index in [2.05, 4.69) is 5.10 Å². The summed E-state index contributed by atoms with van der Waals surface area (Å²) in [5.74, 6) is -0.727. The number of carbonyl (C=O) groups is 1. The van der Waals surface area contributed by atoms with Crippen molar-refractivity contribution in [1.29, 1.82) is 0 Å². The Morgan fingerprint density at radius 1 is 1.45 bits per heavy atom. The Morgan fingerprint density at radius 3 is 2.70 bits per heavy atom. The molecule has 1 heterocycles. The number of aryl methyl sites for hydroxylation is 1. The molecule has 0 aliphatic rings. The number of carboxylic acid groups (broad SMARTS) is 1. The highest BCUT2D eigenvalue weighted by atomic mass is 35.5. The number of rotatable bonds is 4. The van der Waals surface area contributed by atoms with Crippen LogP contribution in [-0.4, -0.2) is 20.9 Å². The number of hydrogen-bond donors (Lipinski definition) is 1.